The highest BCUT2D eigenvalue weighted by molar-refractivity contribution is 6.11. The molecule has 0 spiro atoms. The minimum absolute atomic E-state index is 0.00869. The van der Waals surface area contributed by atoms with E-state index < -0.39 is 0 Å². The van der Waals surface area contributed by atoms with Gasteiger partial charge in [-0.1, -0.05) is 63.3 Å². The molecule has 0 radical (unpaired) electrons. The van der Waals surface area contributed by atoms with Crippen LogP contribution in [0.5, 0.6) is 0 Å². The van der Waals surface area contributed by atoms with Crippen LogP contribution in [0.3, 0.4) is 0 Å². The molecule has 170 valence electrons. The van der Waals surface area contributed by atoms with Gasteiger partial charge in [0.15, 0.2) is 0 Å². The van der Waals surface area contributed by atoms with Crippen LogP contribution < -0.4 is 4.90 Å². The molecule has 0 N–H and O–H groups in total. The van der Waals surface area contributed by atoms with Gasteiger partial charge in [-0.25, -0.2) is 0 Å². The first-order valence-corrected chi connectivity index (χ1v) is 12.4. The second kappa shape index (κ2) is 9.89. The Hall–Kier alpha value is -2.62. The standard InChI is InChI=1S/C28H36N2O2/c1-4-5-6-7-8-9-17-29-24-16-15-22(26-20(2)12-10-13-21(26)3)19-23(24)27(31)30-18-11-14-25(30)28(29)32/h10,12-13,15-16,19,25H,4-9,11,14,17-18H2,1-3H3/t25-/m0/s1. The summed E-state index contributed by atoms with van der Waals surface area (Å²) in [7, 11) is 0. The van der Waals surface area contributed by atoms with Crippen LogP contribution in [0.15, 0.2) is 36.4 Å². The van der Waals surface area contributed by atoms with E-state index in [4.69, 9.17) is 0 Å². The summed E-state index contributed by atoms with van der Waals surface area (Å²) in [5, 5.41) is 0. The highest BCUT2D eigenvalue weighted by Crippen LogP contribution is 2.36. The maximum Gasteiger partial charge on any atom is 0.256 e. The number of benzene rings is 2. The molecule has 0 aromatic heterocycles. The molecule has 0 unspecified atom stereocenters. The molecule has 2 aliphatic heterocycles. The smallest absolute Gasteiger partial charge is 0.256 e. The first kappa shape index (κ1) is 22.6. The molecule has 1 saturated heterocycles. The lowest BCUT2D eigenvalue weighted by atomic mass is 9.93. The average Bonchev–Trinajstić information content (AvgIpc) is 3.25. The number of rotatable bonds is 8. The zero-order valence-electron chi connectivity index (χ0n) is 19.8. The van der Waals surface area contributed by atoms with Gasteiger partial charge in [0.25, 0.3) is 5.91 Å². The highest BCUT2D eigenvalue weighted by Gasteiger charge is 2.41. The van der Waals surface area contributed by atoms with Crippen molar-refractivity contribution in [2.45, 2.75) is 78.2 Å². The maximum absolute atomic E-state index is 13.6. The van der Waals surface area contributed by atoms with Gasteiger partial charge in [0.05, 0.1) is 11.3 Å². The van der Waals surface area contributed by atoms with E-state index in [-0.39, 0.29) is 17.9 Å². The van der Waals surface area contributed by atoms with Crippen molar-refractivity contribution in [2.24, 2.45) is 0 Å². The highest BCUT2D eigenvalue weighted by atomic mass is 16.2. The number of anilines is 1. The van der Waals surface area contributed by atoms with Crippen LogP contribution >= 0.6 is 0 Å². The number of carbonyl (C=O) groups is 2. The second-order valence-electron chi connectivity index (χ2n) is 9.41. The number of fused-ring (bicyclic) bond motifs is 2. The molecule has 4 rings (SSSR count). The molecule has 1 fully saturated rings. The predicted octanol–water partition coefficient (Wildman–Crippen LogP) is 6.28. The zero-order valence-corrected chi connectivity index (χ0v) is 19.8. The van der Waals surface area contributed by atoms with E-state index in [2.05, 4.69) is 45.0 Å². The van der Waals surface area contributed by atoms with Crippen LogP contribution in [0.1, 0.15) is 79.8 Å². The molecule has 1 atom stereocenters. The number of unbranched alkanes of at least 4 members (excludes halogenated alkanes) is 5. The van der Waals surface area contributed by atoms with Crippen LogP contribution in [0.4, 0.5) is 5.69 Å². The monoisotopic (exact) mass is 432 g/mol. The molecule has 2 aromatic rings. The van der Waals surface area contributed by atoms with E-state index in [0.29, 0.717) is 18.7 Å². The second-order valence-corrected chi connectivity index (χ2v) is 9.41. The largest absolute Gasteiger partial charge is 0.327 e. The van der Waals surface area contributed by atoms with Gasteiger partial charge in [-0.3, -0.25) is 9.59 Å². The van der Waals surface area contributed by atoms with Crippen LogP contribution in [0, 0.1) is 13.8 Å². The number of carbonyl (C=O) groups excluding carboxylic acids is 2. The predicted molar refractivity (Wildman–Crippen MR) is 131 cm³/mol. The van der Waals surface area contributed by atoms with E-state index in [1.54, 1.807) is 0 Å². The van der Waals surface area contributed by atoms with Gasteiger partial charge in [-0.05, 0) is 67.5 Å². The fraction of sp³-hybridized carbons (Fsp3) is 0.500. The molecule has 4 nitrogen and oxygen atoms in total. The van der Waals surface area contributed by atoms with Gasteiger partial charge in [-0.2, -0.15) is 0 Å². The van der Waals surface area contributed by atoms with Gasteiger partial charge < -0.3 is 9.80 Å². The van der Waals surface area contributed by atoms with E-state index >= 15 is 0 Å². The average molecular weight is 433 g/mol. The Morgan fingerprint density at radius 2 is 1.66 bits per heavy atom. The number of aryl methyl sites for hydroxylation is 2. The lowest BCUT2D eigenvalue weighted by Gasteiger charge is -2.26. The fourth-order valence-corrected chi connectivity index (χ4v) is 5.37. The normalized spacial score (nSPS) is 18.0. The quantitative estimate of drug-likeness (QED) is 0.461. The third kappa shape index (κ3) is 4.32. The molecule has 2 aromatic carbocycles. The molecular weight excluding hydrogens is 396 g/mol. The molecule has 0 saturated carbocycles. The van der Waals surface area contributed by atoms with Gasteiger partial charge in [0.2, 0.25) is 5.91 Å². The molecule has 0 bridgehead atoms. The van der Waals surface area contributed by atoms with E-state index in [1.807, 2.05) is 21.9 Å². The van der Waals surface area contributed by atoms with Gasteiger partial charge >= 0.3 is 0 Å². The Bertz CT molecular complexity index is 977. The topological polar surface area (TPSA) is 40.6 Å². The molecule has 4 heteroatoms. The van der Waals surface area contributed by atoms with Crippen LogP contribution in [-0.4, -0.2) is 35.8 Å². The Morgan fingerprint density at radius 1 is 0.938 bits per heavy atom. The Kier molecular flexibility index (Phi) is 6.98. The number of amides is 2. The first-order chi connectivity index (χ1) is 15.5. The Labute approximate surface area is 192 Å². The number of hydrogen-bond donors (Lipinski definition) is 0. The Balaban J connectivity index is 1.68. The fourth-order valence-electron chi connectivity index (χ4n) is 5.37. The number of nitrogens with zero attached hydrogens (tertiary/aromatic N) is 2. The van der Waals surface area contributed by atoms with Crippen molar-refractivity contribution < 1.29 is 9.59 Å². The summed E-state index contributed by atoms with van der Waals surface area (Å²) in [6.45, 7) is 7.82. The van der Waals surface area contributed by atoms with E-state index in [1.165, 1.54) is 42.4 Å². The van der Waals surface area contributed by atoms with Crippen molar-refractivity contribution >= 4 is 17.5 Å². The molecule has 2 amide bonds. The molecule has 32 heavy (non-hydrogen) atoms. The zero-order chi connectivity index (χ0) is 22.7. The van der Waals surface area contributed by atoms with Crippen molar-refractivity contribution in [2.75, 3.05) is 18.0 Å². The lowest BCUT2D eigenvalue weighted by molar-refractivity contribution is -0.122. The summed E-state index contributed by atoms with van der Waals surface area (Å²) in [4.78, 5) is 30.8. The molecule has 2 aliphatic rings. The third-order valence-electron chi connectivity index (χ3n) is 7.09. The van der Waals surface area contributed by atoms with Crippen LogP contribution in [0.2, 0.25) is 0 Å². The van der Waals surface area contributed by atoms with Crippen molar-refractivity contribution in [1.29, 1.82) is 0 Å². The van der Waals surface area contributed by atoms with Gasteiger partial charge in [0.1, 0.15) is 6.04 Å². The lowest BCUT2D eigenvalue weighted by Crippen LogP contribution is -2.45. The van der Waals surface area contributed by atoms with Crippen molar-refractivity contribution in [3.8, 4) is 11.1 Å². The first-order valence-electron chi connectivity index (χ1n) is 12.4. The summed E-state index contributed by atoms with van der Waals surface area (Å²) in [6, 6.07) is 12.1. The number of hydrogen-bond acceptors (Lipinski definition) is 2. The SMILES string of the molecule is CCCCCCCCN1C(=O)[C@@H]2CCCN2C(=O)c2cc(-c3c(C)cccc3C)ccc21. The van der Waals surface area contributed by atoms with Gasteiger partial charge in [0, 0.05) is 13.1 Å². The van der Waals surface area contributed by atoms with Crippen LogP contribution in [-0.2, 0) is 4.79 Å². The van der Waals surface area contributed by atoms with Crippen LogP contribution in [0.25, 0.3) is 11.1 Å². The van der Waals surface area contributed by atoms with E-state index in [0.717, 1.165) is 36.9 Å². The minimum Gasteiger partial charge on any atom is -0.327 e. The minimum atomic E-state index is -0.307. The third-order valence-corrected chi connectivity index (χ3v) is 7.09. The maximum atomic E-state index is 13.6. The summed E-state index contributed by atoms with van der Waals surface area (Å²) in [5.41, 5.74) is 6.10. The molecule has 2 heterocycles. The summed E-state index contributed by atoms with van der Waals surface area (Å²) >= 11 is 0. The molecular formula is C28H36N2O2. The Morgan fingerprint density at radius 3 is 2.41 bits per heavy atom. The van der Waals surface area contributed by atoms with E-state index in [9.17, 15) is 9.59 Å². The van der Waals surface area contributed by atoms with Gasteiger partial charge in [-0.15, -0.1) is 0 Å². The summed E-state index contributed by atoms with van der Waals surface area (Å²) in [6.07, 6.45) is 8.76. The summed E-state index contributed by atoms with van der Waals surface area (Å²) in [5.74, 6) is 0.109. The summed E-state index contributed by atoms with van der Waals surface area (Å²) < 4.78 is 0. The van der Waals surface area contributed by atoms with Crippen molar-refractivity contribution in [3.05, 3.63) is 53.1 Å². The van der Waals surface area contributed by atoms with Crippen molar-refractivity contribution in [1.82, 2.24) is 4.90 Å². The molecule has 0 aliphatic carbocycles. The van der Waals surface area contributed by atoms with Crippen molar-refractivity contribution in [3.63, 3.8) is 0 Å².